The van der Waals surface area contributed by atoms with Gasteiger partial charge in [-0.3, -0.25) is 9.69 Å². The molecule has 0 saturated heterocycles. The molecule has 1 atom stereocenters. The fourth-order valence-electron chi connectivity index (χ4n) is 5.80. The van der Waals surface area contributed by atoms with Crippen molar-refractivity contribution in [2.24, 2.45) is 11.1 Å². The maximum absolute atomic E-state index is 14.3. The van der Waals surface area contributed by atoms with Gasteiger partial charge < -0.3 is 5.73 Å². The first-order valence-electron chi connectivity index (χ1n) is 13.2. The number of hydrogen-bond donors (Lipinski definition) is 1. The summed E-state index contributed by atoms with van der Waals surface area (Å²) in [5.74, 6) is -0.0500. The van der Waals surface area contributed by atoms with E-state index in [4.69, 9.17) is 17.3 Å². The fourth-order valence-corrected chi connectivity index (χ4v) is 6.89. The first-order chi connectivity index (χ1) is 19.0. The number of carbonyl (C=O) groups is 1. The van der Waals surface area contributed by atoms with E-state index in [1.807, 2.05) is 31.2 Å². The van der Waals surface area contributed by atoms with Crippen LogP contribution in [0.1, 0.15) is 54.9 Å². The minimum Gasteiger partial charge on any atom is -0.384 e. The van der Waals surface area contributed by atoms with Crippen molar-refractivity contribution in [3.63, 3.8) is 0 Å². The van der Waals surface area contributed by atoms with Crippen molar-refractivity contribution < 1.29 is 9.18 Å². The standard InChI is InChI=1S/C33H31ClFN3OS/c1-19-12-20(2)26(13-21(19)18-40-25-10-8-22(34)9-11-25)30-27(17-36)32(37)38(24-7-5-6-23(35)14-24)28-15-33(3,4)16-29(39)31(28)30/h5-14,30H,15-16,18,37H2,1-4H3. The van der Waals surface area contributed by atoms with Gasteiger partial charge in [-0.25, -0.2) is 4.39 Å². The number of Topliss-reactive ketones (excluding diaryl/α,β-unsaturated/α-hetero) is 1. The third-order valence-electron chi connectivity index (χ3n) is 7.69. The third kappa shape index (κ3) is 5.29. The number of nitrogens with zero attached hydrogens (tertiary/aromatic N) is 2. The Morgan fingerprint density at radius 1 is 1.10 bits per heavy atom. The zero-order valence-corrected chi connectivity index (χ0v) is 24.6. The van der Waals surface area contributed by atoms with Gasteiger partial charge in [-0.05, 0) is 90.4 Å². The lowest BCUT2D eigenvalue weighted by Crippen LogP contribution is -2.42. The van der Waals surface area contributed by atoms with Crippen LogP contribution in [0.25, 0.3) is 0 Å². The van der Waals surface area contributed by atoms with E-state index < -0.39 is 11.7 Å². The Morgan fingerprint density at radius 2 is 1.82 bits per heavy atom. The van der Waals surface area contributed by atoms with Gasteiger partial charge in [0.25, 0.3) is 0 Å². The van der Waals surface area contributed by atoms with Crippen LogP contribution in [0.15, 0.2) is 88.2 Å². The van der Waals surface area contributed by atoms with Gasteiger partial charge in [-0.2, -0.15) is 5.26 Å². The van der Waals surface area contributed by atoms with Crippen molar-refractivity contribution in [3.05, 3.63) is 116 Å². The molecule has 0 bridgehead atoms. The number of halogens is 2. The monoisotopic (exact) mass is 571 g/mol. The highest BCUT2D eigenvalue weighted by molar-refractivity contribution is 7.98. The van der Waals surface area contributed by atoms with Gasteiger partial charge in [-0.1, -0.05) is 43.6 Å². The van der Waals surface area contributed by atoms with Crippen molar-refractivity contribution in [2.75, 3.05) is 4.90 Å². The van der Waals surface area contributed by atoms with E-state index in [0.717, 1.165) is 38.6 Å². The number of rotatable bonds is 5. The molecule has 1 unspecified atom stereocenters. The molecule has 0 saturated carbocycles. The lowest BCUT2D eigenvalue weighted by Gasteiger charge is -2.44. The van der Waals surface area contributed by atoms with E-state index in [1.54, 1.807) is 28.8 Å². The van der Waals surface area contributed by atoms with Crippen molar-refractivity contribution >= 4 is 34.8 Å². The highest BCUT2D eigenvalue weighted by Crippen LogP contribution is 2.51. The lowest BCUT2D eigenvalue weighted by atomic mass is 9.68. The van der Waals surface area contributed by atoms with E-state index in [0.29, 0.717) is 34.7 Å². The topological polar surface area (TPSA) is 70.1 Å². The number of ketones is 1. The molecular formula is C33H31ClFN3OS. The summed E-state index contributed by atoms with van der Waals surface area (Å²) in [6, 6.07) is 20.4. The average molecular weight is 572 g/mol. The molecule has 7 heteroatoms. The second-order valence-electron chi connectivity index (χ2n) is 11.3. The highest BCUT2D eigenvalue weighted by atomic mass is 35.5. The number of aryl methyl sites for hydroxylation is 2. The first kappa shape index (κ1) is 28.0. The molecule has 2 N–H and O–H groups in total. The number of allylic oxidation sites excluding steroid dienone is 3. The number of benzene rings is 3. The molecular weight excluding hydrogens is 541 g/mol. The minimum atomic E-state index is -0.590. The number of nitrogens with two attached hydrogens (primary N) is 1. The number of anilines is 1. The van der Waals surface area contributed by atoms with Gasteiger partial charge in [0.1, 0.15) is 11.6 Å². The molecule has 204 valence electrons. The quantitative estimate of drug-likeness (QED) is 0.312. The Kier molecular flexibility index (Phi) is 7.56. The third-order valence-corrected chi connectivity index (χ3v) is 9.00. The number of hydrogen-bond acceptors (Lipinski definition) is 5. The molecule has 0 radical (unpaired) electrons. The van der Waals surface area contributed by atoms with Crippen LogP contribution in [0.2, 0.25) is 5.02 Å². The zero-order chi connectivity index (χ0) is 28.8. The molecule has 3 aromatic carbocycles. The summed E-state index contributed by atoms with van der Waals surface area (Å²) in [6.07, 6.45) is 0.937. The Morgan fingerprint density at radius 3 is 2.50 bits per heavy atom. The van der Waals surface area contributed by atoms with Crippen molar-refractivity contribution in [3.8, 4) is 6.07 Å². The molecule has 0 spiro atoms. The van der Waals surface area contributed by atoms with Gasteiger partial charge in [0, 0.05) is 33.4 Å². The van der Waals surface area contributed by atoms with E-state index in [2.05, 4.69) is 39.0 Å². The molecule has 3 aromatic rings. The summed E-state index contributed by atoms with van der Waals surface area (Å²) in [6.45, 7) is 8.20. The van der Waals surface area contributed by atoms with Crippen molar-refractivity contribution in [1.29, 1.82) is 5.26 Å². The maximum Gasteiger partial charge on any atom is 0.162 e. The van der Waals surface area contributed by atoms with Gasteiger partial charge >= 0.3 is 0 Å². The molecule has 40 heavy (non-hydrogen) atoms. The van der Waals surface area contributed by atoms with Gasteiger partial charge in [0.2, 0.25) is 0 Å². The molecule has 1 heterocycles. The average Bonchev–Trinajstić information content (AvgIpc) is 2.88. The van der Waals surface area contributed by atoms with E-state index in [1.165, 1.54) is 12.1 Å². The fraction of sp³-hybridized carbons (Fsp3) is 0.273. The molecule has 1 aliphatic heterocycles. The predicted molar refractivity (Wildman–Crippen MR) is 160 cm³/mol. The van der Waals surface area contributed by atoms with Crippen molar-refractivity contribution in [1.82, 2.24) is 0 Å². The Labute approximate surface area is 244 Å². The second kappa shape index (κ2) is 10.8. The largest absolute Gasteiger partial charge is 0.384 e. The van der Waals surface area contributed by atoms with Crippen LogP contribution in [0.5, 0.6) is 0 Å². The summed E-state index contributed by atoms with van der Waals surface area (Å²) in [5.41, 5.74) is 12.7. The van der Waals surface area contributed by atoms with E-state index in [9.17, 15) is 14.4 Å². The smallest absolute Gasteiger partial charge is 0.162 e. The molecule has 4 nitrogen and oxygen atoms in total. The van der Waals surface area contributed by atoms with Crippen LogP contribution < -0.4 is 10.6 Å². The lowest BCUT2D eigenvalue weighted by molar-refractivity contribution is -0.118. The summed E-state index contributed by atoms with van der Waals surface area (Å²) in [7, 11) is 0. The number of carbonyl (C=O) groups excluding carboxylic acids is 1. The number of thioether (sulfide) groups is 1. The Bertz CT molecular complexity index is 1620. The van der Waals surface area contributed by atoms with E-state index in [-0.39, 0.29) is 17.0 Å². The van der Waals surface area contributed by atoms with Gasteiger partial charge in [0.15, 0.2) is 5.78 Å². The Hall–Kier alpha value is -3.53. The van der Waals surface area contributed by atoms with E-state index >= 15 is 0 Å². The minimum absolute atomic E-state index is 0.00466. The summed E-state index contributed by atoms with van der Waals surface area (Å²) in [5, 5.41) is 11.1. The van der Waals surface area contributed by atoms with Crippen LogP contribution in [0.4, 0.5) is 10.1 Å². The van der Waals surface area contributed by atoms with Gasteiger partial charge in [-0.15, -0.1) is 11.8 Å². The van der Waals surface area contributed by atoms with Crippen LogP contribution >= 0.6 is 23.4 Å². The summed E-state index contributed by atoms with van der Waals surface area (Å²) < 4.78 is 14.3. The summed E-state index contributed by atoms with van der Waals surface area (Å²) in [4.78, 5) is 16.7. The van der Waals surface area contributed by atoms with Crippen LogP contribution in [0, 0.1) is 36.4 Å². The zero-order valence-electron chi connectivity index (χ0n) is 23.0. The Balaban J connectivity index is 1.66. The highest BCUT2D eigenvalue weighted by Gasteiger charge is 2.45. The maximum atomic E-state index is 14.3. The molecule has 1 aliphatic carbocycles. The predicted octanol–water partition coefficient (Wildman–Crippen LogP) is 8.33. The van der Waals surface area contributed by atoms with Crippen LogP contribution in [-0.2, 0) is 10.5 Å². The van der Waals surface area contributed by atoms with Gasteiger partial charge in [0.05, 0.1) is 23.2 Å². The second-order valence-corrected chi connectivity index (χ2v) is 12.8. The molecule has 0 aromatic heterocycles. The van der Waals surface area contributed by atoms with Crippen LogP contribution in [0.3, 0.4) is 0 Å². The molecule has 2 aliphatic rings. The van der Waals surface area contributed by atoms with Crippen LogP contribution in [-0.4, -0.2) is 5.78 Å². The molecule has 5 rings (SSSR count). The van der Waals surface area contributed by atoms with Crippen molar-refractivity contribution in [2.45, 2.75) is 57.1 Å². The summed E-state index contributed by atoms with van der Waals surface area (Å²) >= 11 is 7.76. The molecule has 0 fully saturated rings. The SMILES string of the molecule is Cc1cc(C)c(C2C(C#N)=C(N)N(c3cccc(F)c3)C3=C2C(=O)CC(C)(C)C3)cc1CSc1ccc(Cl)cc1. The first-order valence-corrected chi connectivity index (χ1v) is 14.6. The normalized spacial score (nSPS) is 18.6. The molecule has 0 amide bonds. The number of nitriles is 1.